The van der Waals surface area contributed by atoms with Crippen molar-refractivity contribution in [3.8, 4) is 34.0 Å². The Morgan fingerprint density at radius 3 is 2.71 bits per heavy atom. The van der Waals surface area contributed by atoms with Crippen LogP contribution in [0.25, 0.3) is 44.9 Å². The van der Waals surface area contributed by atoms with Crippen molar-refractivity contribution in [1.29, 1.82) is 0 Å². The Balaban J connectivity index is 1.60. The van der Waals surface area contributed by atoms with Crippen LogP contribution < -0.4 is 0 Å². The van der Waals surface area contributed by atoms with E-state index in [1.54, 1.807) is 6.20 Å². The third kappa shape index (κ3) is 2.23. The molecule has 0 saturated heterocycles. The zero-order chi connectivity index (χ0) is 18.7. The first kappa shape index (κ1) is 15.6. The van der Waals surface area contributed by atoms with Crippen molar-refractivity contribution in [3.63, 3.8) is 0 Å². The Labute approximate surface area is 165 Å². The van der Waals surface area contributed by atoms with E-state index in [4.69, 9.17) is 16.6 Å². The summed E-state index contributed by atoms with van der Waals surface area (Å²) in [4.78, 5) is 21.0. The highest BCUT2D eigenvalue weighted by atomic mass is 35.5. The van der Waals surface area contributed by atoms with Gasteiger partial charge in [0.1, 0.15) is 5.82 Å². The summed E-state index contributed by atoms with van der Waals surface area (Å²) >= 11 is 6.22. The van der Waals surface area contributed by atoms with E-state index in [1.807, 2.05) is 42.7 Å². The van der Waals surface area contributed by atoms with Gasteiger partial charge in [0, 0.05) is 52.1 Å². The maximum Gasteiger partial charge on any atom is 0.140 e. The minimum atomic E-state index is 0.703. The van der Waals surface area contributed by atoms with Gasteiger partial charge in [-0.2, -0.15) is 0 Å². The predicted molar refractivity (Wildman–Crippen MR) is 110 cm³/mol. The standard InChI is InChI=1S/C22H14ClN5/c23-13-5-6-17-15(10-13)16(11-26-17)22-27-18-9-12-3-1-7-24-19(12)21-14(20(18)28-22)4-2-8-25-21/h1-8,10-11,26H,9H2,(H,27,28). The minimum absolute atomic E-state index is 0.703. The van der Waals surface area contributed by atoms with Crippen molar-refractivity contribution in [1.82, 2.24) is 24.9 Å². The monoisotopic (exact) mass is 383 g/mol. The highest BCUT2D eigenvalue weighted by molar-refractivity contribution is 6.31. The molecule has 0 radical (unpaired) electrons. The molecule has 0 atom stereocenters. The molecule has 0 unspecified atom stereocenters. The van der Waals surface area contributed by atoms with Crippen molar-refractivity contribution >= 4 is 22.5 Å². The number of halogens is 1. The summed E-state index contributed by atoms with van der Waals surface area (Å²) in [6, 6.07) is 13.9. The molecule has 6 heteroatoms. The first-order valence-corrected chi connectivity index (χ1v) is 9.41. The van der Waals surface area contributed by atoms with Crippen LogP contribution >= 0.6 is 11.6 Å². The smallest absolute Gasteiger partial charge is 0.140 e. The Kier molecular flexibility index (Phi) is 3.22. The van der Waals surface area contributed by atoms with E-state index >= 15 is 0 Å². The molecule has 6 rings (SSSR count). The van der Waals surface area contributed by atoms with Gasteiger partial charge in [0.25, 0.3) is 0 Å². The van der Waals surface area contributed by atoms with Crippen LogP contribution in [0.2, 0.25) is 5.02 Å². The summed E-state index contributed by atoms with van der Waals surface area (Å²) < 4.78 is 0. The van der Waals surface area contributed by atoms with Gasteiger partial charge in [-0.3, -0.25) is 9.97 Å². The first-order chi connectivity index (χ1) is 13.8. The fourth-order valence-electron chi connectivity index (χ4n) is 3.95. The van der Waals surface area contributed by atoms with E-state index < -0.39 is 0 Å². The van der Waals surface area contributed by atoms with Gasteiger partial charge in [-0.15, -0.1) is 0 Å². The molecule has 1 aliphatic carbocycles. The number of H-pyrrole nitrogens is 2. The van der Waals surface area contributed by atoms with E-state index in [2.05, 4.69) is 32.1 Å². The number of fused-ring (bicyclic) bond motifs is 6. The lowest BCUT2D eigenvalue weighted by atomic mass is 10.1. The molecular weight excluding hydrogens is 370 g/mol. The summed E-state index contributed by atoms with van der Waals surface area (Å²) in [5.74, 6) is 0.820. The highest BCUT2D eigenvalue weighted by Gasteiger charge is 2.24. The van der Waals surface area contributed by atoms with Gasteiger partial charge >= 0.3 is 0 Å². The van der Waals surface area contributed by atoms with Gasteiger partial charge in [-0.1, -0.05) is 17.7 Å². The minimum Gasteiger partial charge on any atom is -0.360 e. The Morgan fingerprint density at radius 1 is 0.929 bits per heavy atom. The zero-order valence-corrected chi connectivity index (χ0v) is 15.5. The van der Waals surface area contributed by atoms with Gasteiger partial charge in [-0.05, 0) is 42.0 Å². The SMILES string of the molecule is Clc1ccc2[nH]cc(-c3nc4c([nH]3)-c3cccnc3-c3ncccc3C4)c2c1. The number of nitrogens with one attached hydrogen (secondary N) is 2. The summed E-state index contributed by atoms with van der Waals surface area (Å²) in [5, 5.41) is 1.75. The largest absolute Gasteiger partial charge is 0.360 e. The van der Waals surface area contributed by atoms with Crippen molar-refractivity contribution in [2.75, 3.05) is 0 Å². The molecule has 4 heterocycles. The van der Waals surface area contributed by atoms with Crippen LogP contribution in [0.15, 0.2) is 61.1 Å². The van der Waals surface area contributed by atoms with Gasteiger partial charge in [0.2, 0.25) is 0 Å². The summed E-state index contributed by atoms with van der Waals surface area (Å²) in [6.07, 6.45) is 6.29. The van der Waals surface area contributed by atoms with E-state index in [0.29, 0.717) is 11.4 Å². The van der Waals surface area contributed by atoms with Gasteiger partial charge in [-0.25, -0.2) is 4.98 Å². The number of pyridine rings is 2. The number of aromatic nitrogens is 5. The molecule has 0 saturated carbocycles. The average Bonchev–Trinajstić information content (AvgIpc) is 3.29. The number of nitrogens with zero attached hydrogens (tertiary/aromatic N) is 3. The molecule has 5 aromatic rings. The average molecular weight is 384 g/mol. The fourth-order valence-corrected chi connectivity index (χ4v) is 4.12. The Hall–Kier alpha value is -3.44. The second-order valence-corrected chi connectivity index (χ2v) is 7.32. The zero-order valence-electron chi connectivity index (χ0n) is 14.7. The molecule has 0 aliphatic heterocycles. The molecule has 1 aromatic carbocycles. The molecule has 0 bridgehead atoms. The van der Waals surface area contributed by atoms with Crippen molar-refractivity contribution in [2.45, 2.75) is 6.42 Å². The second kappa shape index (κ2) is 5.78. The normalized spacial score (nSPS) is 12.3. The molecule has 28 heavy (non-hydrogen) atoms. The van der Waals surface area contributed by atoms with Crippen molar-refractivity contribution < 1.29 is 0 Å². The van der Waals surface area contributed by atoms with E-state index in [0.717, 1.165) is 56.2 Å². The van der Waals surface area contributed by atoms with Crippen LogP contribution in [0.1, 0.15) is 11.3 Å². The number of rotatable bonds is 1. The third-order valence-corrected chi connectivity index (χ3v) is 5.46. The molecule has 134 valence electrons. The molecule has 0 spiro atoms. The number of benzene rings is 1. The van der Waals surface area contributed by atoms with Gasteiger partial charge in [0.05, 0.1) is 22.8 Å². The van der Waals surface area contributed by atoms with Gasteiger partial charge in [0.15, 0.2) is 0 Å². The quantitative estimate of drug-likeness (QED) is 0.408. The molecule has 1 aliphatic rings. The van der Waals surface area contributed by atoms with E-state index in [9.17, 15) is 0 Å². The third-order valence-electron chi connectivity index (χ3n) is 5.23. The lowest BCUT2D eigenvalue weighted by molar-refractivity contribution is 1.10. The lowest BCUT2D eigenvalue weighted by Gasteiger charge is -2.06. The van der Waals surface area contributed by atoms with Gasteiger partial charge < -0.3 is 9.97 Å². The first-order valence-electron chi connectivity index (χ1n) is 9.03. The summed E-state index contributed by atoms with van der Waals surface area (Å²) in [7, 11) is 0. The molecule has 2 N–H and O–H groups in total. The number of hydrogen-bond donors (Lipinski definition) is 2. The van der Waals surface area contributed by atoms with Crippen LogP contribution in [-0.2, 0) is 6.42 Å². The molecule has 5 nitrogen and oxygen atoms in total. The van der Waals surface area contributed by atoms with Crippen LogP contribution in [-0.4, -0.2) is 24.9 Å². The van der Waals surface area contributed by atoms with E-state index in [-0.39, 0.29) is 0 Å². The summed E-state index contributed by atoms with van der Waals surface area (Å²) in [6.45, 7) is 0. The Morgan fingerprint density at radius 2 is 1.79 bits per heavy atom. The lowest BCUT2D eigenvalue weighted by Crippen LogP contribution is -1.94. The van der Waals surface area contributed by atoms with Crippen LogP contribution in [0.5, 0.6) is 0 Å². The number of imidazole rings is 1. The highest BCUT2D eigenvalue weighted by Crippen LogP contribution is 2.39. The summed E-state index contributed by atoms with van der Waals surface area (Å²) in [5.41, 5.74) is 7.97. The molecule has 0 amide bonds. The van der Waals surface area contributed by atoms with Crippen molar-refractivity contribution in [2.24, 2.45) is 0 Å². The molecule has 0 fully saturated rings. The number of hydrogen-bond acceptors (Lipinski definition) is 3. The van der Waals surface area contributed by atoms with Crippen LogP contribution in [0.3, 0.4) is 0 Å². The predicted octanol–water partition coefficient (Wildman–Crippen LogP) is 5.24. The Bertz CT molecular complexity index is 1360. The molecular formula is C22H14ClN5. The van der Waals surface area contributed by atoms with Crippen LogP contribution in [0.4, 0.5) is 0 Å². The fraction of sp³-hybridized carbons (Fsp3) is 0.0455. The maximum atomic E-state index is 6.22. The van der Waals surface area contributed by atoms with Crippen molar-refractivity contribution in [3.05, 3.63) is 77.3 Å². The van der Waals surface area contributed by atoms with Crippen LogP contribution in [0, 0.1) is 0 Å². The maximum absolute atomic E-state index is 6.22. The second-order valence-electron chi connectivity index (χ2n) is 6.89. The topological polar surface area (TPSA) is 70.2 Å². The van der Waals surface area contributed by atoms with E-state index in [1.165, 1.54) is 0 Å². The molecule has 4 aromatic heterocycles. The number of aromatic amines is 2.